The van der Waals surface area contributed by atoms with Crippen LogP contribution in [0.4, 0.5) is 31.4 Å². The number of hydrogen-bond acceptors (Lipinski definition) is 15. The van der Waals surface area contributed by atoms with Crippen LogP contribution in [0.15, 0.2) is 61.2 Å². The smallest absolute Gasteiger partial charge is 0.416 e. The number of ether oxygens (including phenoxy) is 6. The minimum absolute atomic E-state index is 0.00196. The van der Waals surface area contributed by atoms with Gasteiger partial charge in [0, 0.05) is 37.3 Å². The SMILES string of the molecule is C=CCOC(=O)N[C@H](C(=O)N[C@@H](C)C(=O)Nc1ccc(COC(=O)N2c3cc(OCCCOc4cc5c(cc4OC)C(=O)N4CCC[C@H]4[C@H](O)N5C(=O)O)c(OC)cc3C(=O)N3CCC[C@H]3[C@@H]2O)cc1)C(C)C. The number of methoxy groups -OCH3 is 2. The Kier molecular flexibility index (Phi) is 16.8. The fourth-order valence-electron chi connectivity index (χ4n) is 9.23. The van der Waals surface area contributed by atoms with Gasteiger partial charge in [0.05, 0.1) is 62.0 Å². The van der Waals surface area contributed by atoms with Gasteiger partial charge >= 0.3 is 18.3 Å². The van der Waals surface area contributed by atoms with Crippen molar-refractivity contribution in [3.05, 3.63) is 77.9 Å². The second-order valence-corrected chi connectivity index (χ2v) is 18.1. The Balaban J connectivity index is 1.00. The van der Waals surface area contributed by atoms with E-state index in [9.17, 15) is 48.9 Å². The first-order valence-electron chi connectivity index (χ1n) is 23.9. The lowest BCUT2D eigenvalue weighted by Crippen LogP contribution is -2.53. The summed E-state index contributed by atoms with van der Waals surface area (Å²) in [6.45, 7) is 8.85. The van der Waals surface area contributed by atoms with E-state index < -0.39 is 78.5 Å². The molecule has 6 N–H and O–H groups in total. The molecular formula is C50H61N7O16. The number of carbonyl (C=O) groups is 7. The van der Waals surface area contributed by atoms with Crippen molar-refractivity contribution in [1.29, 1.82) is 0 Å². The van der Waals surface area contributed by atoms with E-state index in [1.54, 1.807) is 38.1 Å². The molecule has 4 aliphatic heterocycles. The summed E-state index contributed by atoms with van der Waals surface area (Å²) in [7, 11) is 2.77. The van der Waals surface area contributed by atoms with E-state index in [0.29, 0.717) is 50.0 Å². The molecule has 0 spiro atoms. The molecule has 0 bridgehead atoms. The van der Waals surface area contributed by atoms with Gasteiger partial charge in [0.25, 0.3) is 11.8 Å². The fourth-order valence-corrected chi connectivity index (χ4v) is 9.23. The van der Waals surface area contributed by atoms with E-state index in [-0.39, 0.29) is 84.3 Å². The van der Waals surface area contributed by atoms with Crippen molar-refractivity contribution in [2.24, 2.45) is 5.92 Å². The first-order valence-corrected chi connectivity index (χ1v) is 23.9. The number of benzene rings is 3. The third-order valence-electron chi connectivity index (χ3n) is 13.0. The number of fused-ring (bicyclic) bond motifs is 4. The van der Waals surface area contributed by atoms with Gasteiger partial charge in [0.1, 0.15) is 25.3 Å². The standard InChI is InChI=1S/C50H61N7O16/c1-7-19-72-48(64)53-41(27(2)3)43(59)51-28(4)42(58)52-30-15-13-29(14-16-30)26-73-50(67)57-36-25-40(38(69-6)23-32(36)45(61)55-18-9-12-34(55)47(57)63)71-21-10-20-70-39-24-35-31(22-37(39)68-5)44(60)54-17-8-11-33(54)46(62)56(35)49(65)66/h7,13-16,22-25,27-28,33-34,41,46-47,62-63H,1,8-12,17-21,26H2,2-6H3,(H,51,59)(H,52,58)(H,53,64)(H,65,66)/t28-,33-,34-,41-,46-,47-/m0/s1. The maximum absolute atomic E-state index is 14.1. The molecule has 0 aliphatic carbocycles. The summed E-state index contributed by atoms with van der Waals surface area (Å²) in [4.78, 5) is 97.0. The summed E-state index contributed by atoms with van der Waals surface area (Å²) in [5, 5.41) is 40.8. The molecule has 23 heteroatoms. The third-order valence-corrected chi connectivity index (χ3v) is 13.0. The lowest BCUT2D eigenvalue weighted by Gasteiger charge is -2.31. The number of hydrogen-bond donors (Lipinski definition) is 6. The first-order chi connectivity index (χ1) is 35.0. The van der Waals surface area contributed by atoms with E-state index >= 15 is 0 Å². The summed E-state index contributed by atoms with van der Waals surface area (Å²) in [6, 6.07) is 8.54. The molecule has 2 fully saturated rings. The normalized spacial score (nSPS) is 19.7. The molecule has 4 aliphatic rings. The van der Waals surface area contributed by atoms with E-state index in [4.69, 9.17) is 28.4 Å². The average Bonchev–Trinajstić information content (AvgIpc) is 4.05. The molecule has 0 unspecified atom stereocenters. The molecule has 3 aromatic carbocycles. The number of rotatable bonds is 18. The number of carboxylic acid groups (broad SMARTS) is 1. The van der Waals surface area contributed by atoms with Crippen molar-refractivity contribution in [1.82, 2.24) is 20.4 Å². The van der Waals surface area contributed by atoms with Crippen LogP contribution in [0.3, 0.4) is 0 Å². The predicted octanol–water partition coefficient (Wildman–Crippen LogP) is 4.43. The molecule has 392 valence electrons. The molecule has 7 amide bonds. The second kappa shape index (κ2) is 23.2. The summed E-state index contributed by atoms with van der Waals surface area (Å²) < 4.78 is 34.0. The zero-order valence-electron chi connectivity index (χ0n) is 41.2. The Morgan fingerprint density at radius 1 is 0.740 bits per heavy atom. The lowest BCUT2D eigenvalue weighted by molar-refractivity contribution is -0.128. The maximum atomic E-state index is 14.1. The topological polar surface area (TPSA) is 285 Å². The summed E-state index contributed by atoms with van der Waals surface area (Å²) in [5.74, 6) is -1.73. The Hall–Kier alpha value is -7.79. The Labute approximate surface area is 420 Å². The van der Waals surface area contributed by atoms with Gasteiger partial charge in [0.2, 0.25) is 11.8 Å². The largest absolute Gasteiger partial charge is 0.493 e. The van der Waals surface area contributed by atoms with Gasteiger partial charge in [-0.3, -0.25) is 19.2 Å². The highest BCUT2D eigenvalue weighted by molar-refractivity contribution is 6.07. The zero-order valence-corrected chi connectivity index (χ0v) is 41.2. The monoisotopic (exact) mass is 1020 g/mol. The van der Waals surface area contributed by atoms with E-state index in [0.717, 1.165) is 9.80 Å². The van der Waals surface area contributed by atoms with Crippen LogP contribution < -0.4 is 44.7 Å². The van der Waals surface area contributed by atoms with E-state index in [1.807, 2.05) is 0 Å². The highest BCUT2D eigenvalue weighted by Crippen LogP contribution is 2.43. The molecule has 0 saturated carbocycles. The second-order valence-electron chi connectivity index (χ2n) is 18.1. The number of carbonyl (C=O) groups excluding carboxylic acids is 6. The van der Waals surface area contributed by atoms with Crippen LogP contribution >= 0.6 is 0 Å². The Morgan fingerprint density at radius 2 is 1.27 bits per heavy atom. The number of nitrogens with one attached hydrogen (secondary N) is 3. The van der Waals surface area contributed by atoms with Crippen LogP contribution in [0.5, 0.6) is 23.0 Å². The number of anilines is 3. The maximum Gasteiger partial charge on any atom is 0.416 e. The molecule has 7 rings (SSSR count). The van der Waals surface area contributed by atoms with Crippen LogP contribution in [-0.4, -0.2) is 151 Å². The molecule has 0 aromatic heterocycles. The molecule has 73 heavy (non-hydrogen) atoms. The highest BCUT2D eigenvalue weighted by atomic mass is 16.6. The lowest BCUT2D eigenvalue weighted by atomic mass is 10.0. The summed E-state index contributed by atoms with van der Waals surface area (Å²) in [6.07, 6.45) is -2.53. The summed E-state index contributed by atoms with van der Waals surface area (Å²) in [5.41, 5.74) is 0.962. The van der Waals surface area contributed by atoms with Crippen molar-refractivity contribution in [2.75, 3.05) is 62.2 Å². The molecule has 0 radical (unpaired) electrons. The number of aliphatic hydroxyl groups excluding tert-OH is 2. The van der Waals surface area contributed by atoms with Gasteiger partial charge in [-0.05, 0) is 68.4 Å². The van der Waals surface area contributed by atoms with Gasteiger partial charge in [-0.15, -0.1) is 0 Å². The van der Waals surface area contributed by atoms with Gasteiger partial charge in [-0.1, -0.05) is 38.6 Å². The molecular weight excluding hydrogens is 955 g/mol. The minimum Gasteiger partial charge on any atom is -0.493 e. The highest BCUT2D eigenvalue weighted by Gasteiger charge is 2.47. The van der Waals surface area contributed by atoms with Crippen molar-refractivity contribution in [2.45, 2.75) is 96.1 Å². The van der Waals surface area contributed by atoms with Gasteiger partial charge in [-0.2, -0.15) is 0 Å². The predicted molar refractivity (Wildman–Crippen MR) is 261 cm³/mol. The van der Waals surface area contributed by atoms with Crippen LogP contribution in [0.25, 0.3) is 0 Å². The first kappa shape index (κ1) is 53.0. The Morgan fingerprint density at radius 3 is 1.78 bits per heavy atom. The number of aliphatic hydroxyl groups is 2. The molecule has 23 nitrogen and oxygen atoms in total. The number of alkyl carbamates (subject to hydrolysis) is 1. The van der Waals surface area contributed by atoms with Crippen LogP contribution in [-0.2, 0) is 25.7 Å². The number of amides is 7. The average molecular weight is 1020 g/mol. The summed E-state index contributed by atoms with van der Waals surface area (Å²) >= 11 is 0. The zero-order chi connectivity index (χ0) is 52.7. The van der Waals surface area contributed by atoms with Gasteiger partial charge in [-0.25, -0.2) is 24.2 Å². The molecule has 2 saturated heterocycles. The van der Waals surface area contributed by atoms with Crippen LogP contribution in [0.2, 0.25) is 0 Å². The van der Waals surface area contributed by atoms with Crippen molar-refractivity contribution < 1.29 is 77.3 Å². The fraction of sp³-hybridized carbons (Fsp3) is 0.460. The Bertz CT molecular complexity index is 2590. The number of nitrogens with zero attached hydrogens (tertiary/aromatic N) is 4. The third kappa shape index (κ3) is 11.5. The van der Waals surface area contributed by atoms with Gasteiger partial charge in [0.15, 0.2) is 35.5 Å². The van der Waals surface area contributed by atoms with E-state index in [1.165, 1.54) is 61.3 Å². The molecule has 6 atom stereocenters. The van der Waals surface area contributed by atoms with Crippen LogP contribution in [0, 0.1) is 5.92 Å². The molecule has 3 aromatic rings. The van der Waals surface area contributed by atoms with Crippen LogP contribution in [0.1, 0.15) is 79.2 Å². The minimum atomic E-state index is -1.51. The van der Waals surface area contributed by atoms with Crippen molar-refractivity contribution >= 4 is 59.0 Å². The van der Waals surface area contributed by atoms with E-state index in [2.05, 4.69) is 22.5 Å². The molecule has 4 heterocycles. The van der Waals surface area contributed by atoms with Gasteiger partial charge < -0.3 is 69.5 Å². The quantitative estimate of drug-likeness (QED) is 0.0759. The van der Waals surface area contributed by atoms with Crippen molar-refractivity contribution in [3.63, 3.8) is 0 Å². The van der Waals surface area contributed by atoms with Crippen molar-refractivity contribution in [3.8, 4) is 23.0 Å².